The Kier molecular flexibility index (Phi) is 6.14. The van der Waals surface area contributed by atoms with Crippen LogP contribution in [0.5, 0.6) is 5.75 Å². The Morgan fingerprint density at radius 1 is 1.16 bits per heavy atom. The van der Waals surface area contributed by atoms with E-state index in [9.17, 15) is 4.79 Å². The molecule has 134 valence electrons. The van der Waals surface area contributed by atoms with Crippen molar-refractivity contribution in [1.29, 1.82) is 0 Å². The van der Waals surface area contributed by atoms with Gasteiger partial charge in [0.05, 0.1) is 13.2 Å². The molecule has 0 N–H and O–H groups in total. The molecule has 1 unspecified atom stereocenters. The van der Waals surface area contributed by atoms with Crippen molar-refractivity contribution in [2.45, 2.75) is 40.0 Å². The molecule has 0 aliphatic carbocycles. The van der Waals surface area contributed by atoms with Crippen LogP contribution in [0.25, 0.3) is 11.1 Å². The van der Waals surface area contributed by atoms with Gasteiger partial charge >= 0.3 is 0 Å². The number of carbonyl (C=O) groups excluding carboxylic acids is 1. The normalized spacial score (nSPS) is 12.9. The summed E-state index contributed by atoms with van der Waals surface area (Å²) in [6, 6.07) is 7.41. The van der Waals surface area contributed by atoms with E-state index in [0.717, 1.165) is 28.7 Å². The first-order chi connectivity index (χ1) is 11.8. The van der Waals surface area contributed by atoms with Crippen LogP contribution < -0.4 is 4.74 Å². The number of rotatable bonds is 6. The second-order valence-corrected chi connectivity index (χ2v) is 9.84. The first-order valence-electron chi connectivity index (χ1n) is 8.51. The highest BCUT2D eigenvalue weighted by Crippen LogP contribution is 2.42. The molecule has 0 fully saturated rings. The van der Waals surface area contributed by atoms with Gasteiger partial charge in [0, 0.05) is 29.1 Å². The zero-order valence-corrected chi connectivity index (χ0v) is 17.0. The lowest BCUT2D eigenvalue weighted by Crippen LogP contribution is -2.26. The SMILES string of the molecule is COc1ccc(C=O)cc1-c1ccncc1C(O[SiH](C)C)C(C)(C)C. The van der Waals surface area contributed by atoms with E-state index in [1.54, 1.807) is 19.4 Å². The molecule has 1 atom stereocenters. The number of aldehydes is 1. The predicted octanol–water partition coefficient (Wildman–Crippen LogP) is 4.66. The van der Waals surface area contributed by atoms with Gasteiger partial charge in [-0.25, -0.2) is 0 Å². The molecule has 0 radical (unpaired) electrons. The topological polar surface area (TPSA) is 48.4 Å². The van der Waals surface area contributed by atoms with Crippen LogP contribution in [0.2, 0.25) is 13.1 Å². The lowest BCUT2D eigenvalue weighted by Gasteiger charge is -2.34. The number of ether oxygens (including phenoxy) is 1. The smallest absolute Gasteiger partial charge is 0.171 e. The Bertz CT molecular complexity index is 738. The van der Waals surface area contributed by atoms with Crippen molar-refractivity contribution >= 4 is 15.3 Å². The molecule has 1 aromatic heterocycles. The van der Waals surface area contributed by atoms with Crippen molar-refractivity contribution in [3.8, 4) is 16.9 Å². The molecule has 0 saturated carbocycles. The van der Waals surface area contributed by atoms with E-state index >= 15 is 0 Å². The van der Waals surface area contributed by atoms with E-state index < -0.39 is 9.04 Å². The lowest BCUT2D eigenvalue weighted by atomic mass is 9.82. The van der Waals surface area contributed by atoms with Crippen molar-refractivity contribution in [1.82, 2.24) is 4.98 Å². The third-order valence-electron chi connectivity index (χ3n) is 3.98. The monoisotopic (exact) mass is 357 g/mol. The summed E-state index contributed by atoms with van der Waals surface area (Å²) < 4.78 is 11.9. The standard InChI is InChI=1S/C20H27NO3Si/c1-20(2,3)19(24-25(5)6)17-12-21-10-9-15(17)16-11-14(13-22)7-8-18(16)23-4/h7-13,19,25H,1-6H3. The molecule has 0 spiro atoms. The number of hydrogen-bond acceptors (Lipinski definition) is 4. The first kappa shape index (κ1) is 19.3. The summed E-state index contributed by atoms with van der Waals surface area (Å²) in [6.07, 6.45) is 4.41. The number of nitrogens with zero attached hydrogens (tertiary/aromatic N) is 1. The average molecular weight is 358 g/mol. The van der Waals surface area contributed by atoms with Gasteiger partial charge in [0.25, 0.3) is 0 Å². The highest BCUT2D eigenvalue weighted by molar-refractivity contribution is 6.48. The van der Waals surface area contributed by atoms with Gasteiger partial charge in [-0.05, 0) is 48.3 Å². The van der Waals surface area contributed by atoms with E-state index in [1.807, 2.05) is 24.4 Å². The maximum Gasteiger partial charge on any atom is 0.171 e. The summed E-state index contributed by atoms with van der Waals surface area (Å²) in [5.74, 6) is 0.729. The fraction of sp³-hybridized carbons (Fsp3) is 0.400. The minimum Gasteiger partial charge on any atom is -0.496 e. The minimum atomic E-state index is -1.26. The number of methoxy groups -OCH3 is 1. The molecule has 1 aromatic carbocycles. The zero-order valence-electron chi connectivity index (χ0n) is 15.9. The number of aromatic nitrogens is 1. The van der Waals surface area contributed by atoms with E-state index in [-0.39, 0.29) is 11.5 Å². The molecule has 2 aromatic rings. The van der Waals surface area contributed by atoms with Crippen LogP contribution in [0, 0.1) is 5.41 Å². The van der Waals surface area contributed by atoms with Gasteiger partial charge in [0.1, 0.15) is 12.0 Å². The molecule has 1 heterocycles. The summed E-state index contributed by atoms with van der Waals surface area (Å²) in [7, 11) is 0.375. The van der Waals surface area contributed by atoms with Crippen molar-refractivity contribution < 1.29 is 14.0 Å². The Hall–Kier alpha value is -1.98. The molecule has 2 rings (SSSR count). The van der Waals surface area contributed by atoms with E-state index in [4.69, 9.17) is 9.16 Å². The molecule has 0 amide bonds. The molecule has 0 saturated heterocycles. The van der Waals surface area contributed by atoms with E-state index in [0.29, 0.717) is 5.56 Å². The molecular formula is C20H27NO3Si. The highest BCUT2D eigenvalue weighted by atomic mass is 28.3. The predicted molar refractivity (Wildman–Crippen MR) is 104 cm³/mol. The summed E-state index contributed by atoms with van der Waals surface area (Å²) in [6.45, 7) is 10.9. The second-order valence-electron chi connectivity index (χ2n) is 7.47. The van der Waals surface area contributed by atoms with Crippen LogP contribution in [0.4, 0.5) is 0 Å². The Morgan fingerprint density at radius 3 is 2.44 bits per heavy atom. The van der Waals surface area contributed by atoms with Gasteiger partial charge < -0.3 is 9.16 Å². The Balaban J connectivity index is 2.67. The fourth-order valence-corrected chi connectivity index (χ4v) is 3.99. The van der Waals surface area contributed by atoms with Gasteiger partial charge in [0.2, 0.25) is 0 Å². The highest BCUT2D eigenvalue weighted by Gasteiger charge is 2.30. The van der Waals surface area contributed by atoms with E-state index in [2.05, 4.69) is 38.8 Å². The number of hydrogen-bond donors (Lipinski definition) is 0. The summed E-state index contributed by atoms with van der Waals surface area (Å²) >= 11 is 0. The Labute approximate surface area is 151 Å². The maximum atomic E-state index is 11.2. The largest absolute Gasteiger partial charge is 0.496 e. The summed E-state index contributed by atoms with van der Waals surface area (Å²) in [4.78, 5) is 15.6. The Morgan fingerprint density at radius 2 is 1.88 bits per heavy atom. The molecule has 5 heteroatoms. The van der Waals surface area contributed by atoms with Gasteiger partial charge in [-0.1, -0.05) is 20.8 Å². The average Bonchev–Trinajstić information content (AvgIpc) is 2.58. The van der Waals surface area contributed by atoms with Crippen LogP contribution in [0.1, 0.15) is 42.8 Å². The second kappa shape index (κ2) is 7.93. The molecule has 0 aliphatic rings. The van der Waals surface area contributed by atoms with Crippen molar-refractivity contribution in [3.05, 3.63) is 47.8 Å². The van der Waals surface area contributed by atoms with Gasteiger partial charge in [-0.3, -0.25) is 9.78 Å². The minimum absolute atomic E-state index is 0.0764. The van der Waals surface area contributed by atoms with Crippen LogP contribution in [0.15, 0.2) is 36.7 Å². The molecule has 0 bridgehead atoms. The molecular weight excluding hydrogens is 330 g/mol. The van der Waals surface area contributed by atoms with Crippen LogP contribution >= 0.6 is 0 Å². The number of carbonyl (C=O) groups is 1. The zero-order chi connectivity index (χ0) is 18.6. The molecule has 4 nitrogen and oxygen atoms in total. The number of pyridine rings is 1. The van der Waals surface area contributed by atoms with Crippen molar-refractivity contribution in [3.63, 3.8) is 0 Å². The van der Waals surface area contributed by atoms with Gasteiger partial charge in [0.15, 0.2) is 9.04 Å². The van der Waals surface area contributed by atoms with Crippen LogP contribution in [-0.4, -0.2) is 27.4 Å². The third kappa shape index (κ3) is 4.55. The van der Waals surface area contributed by atoms with E-state index in [1.165, 1.54) is 0 Å². The van der Waals surface area contributed by atoms with Crippen LogP contribution in [-0.2, 0) is 4.43 Å². The van der Waals surface area contributed by atoms with Gasteiger partial charge in [-0.15, -0.1) is 0 Å². The van der Waals surface area contributed by atoms with Crippen LogP contribution in [0.3, 0.4) is 0 Å². The maximum absolute atomic E-state index is 11.2. The molecule has 0 aliphatic heterocycles. The summed E-state index contributed by atoms with van der Waals surface area (Å²) in [5.41, 5.74) is 3.44. The first-order valence-corrected chi connectivity index (χ1v) is 11.3. The quantitative estimate of drug-likeness (QED) is 0.557. The number of benzene rings is 1. The van der Waals surface area contributed by atoms with Gasteiger partial charge in [-0.2, -0.15) is 0 Å². The molecule has 25 heavy (non-hydrogen) atoms. The lowest BCUT2D eigenvalue weighted by molar-refractivity contribution is 0.0868. The van der Waals surface area contributed by atoms with Crippen molar-refractivity contribution in [2.75, 3.05) is 7.11 Å². The summed E-state index contributed by atoms with van der Waals surface area (Å²) in [5, 5.41) is 0. The third-order valence-corrected chi connectivity index (χ3v) is 4.80. The van der Waals surface area contributed by atoms with Crippen molar-refractivity contribution in [2.24, 2.45) is 5.41 Å². The fourth-order valence-electron chi connectivity index (χ4n) is 2.89.